The number of nitriles is 1. The first-order valence-electron chi connectivity index (χ1n) is 6.76. The third kappa shape index (κ3) is 3.17. The van der Waals surface area contributed by atoms with Gasteiger partial charge in [-0.05, 0) is 42.0 Å². The first kappa shape index (κ1) is 16.6. The lowest BCUT2D eigenvalue weighted by atomic mass is 10.1. The van der Waals surface area contributed by atoms with Gasteiger partial charge in [0, 0.05) is 5.02 Å². The third-order valence-electron chi connectivity index (χ3n) is 3.28. The SMILES string of the molecule is COc1cc(C=C(C#N)c2nc3cc(Cl)ccc3s2)cc(Cl)c1O. The molecule has 0 amide bonds. The summed E-state index contributed by atoms with van der Waals surface area (Å²) in [5.41, 5.74) is 1.75. The number of thiazole rings is 1. The number of hydrogen-bond acceptors (Lipinski definition) is 5. The van der Waals surface area contributed by atoms with Gasteiger partial charge in [-0.15, -0.1) is 11.3 Å². The fourth-order valence-corrected chi connectivity index (χ4v) is 3.45. The molecule has 0 saturated heterocycles. The summed E-state index contributed by atoms with van der Waals surface area (Å²) in [7, 11) is 1.43. The maximum Gasteiger partial charge on any atom is 0.176 e. The van der Waals surface area contributed by atoms with Crippen molar-refractivity contribution in [2.75, 3.05) is 7.11 Å². The Labute approximate surface area is 152 Å². The molecule has 0 spiro atoms. The number of hydrogen-bond donors (Lipinski definition) is 1. The van der Waals surface area contributed by atoms with Gasteiger partial charge in [-0.1, -0.05) is 23.2 Å². The lowest BCUT2D eigenvalue weighted by Crippen LogP contribution is -1.87. The Morgan fingerprint density at radius 2 is 2.12 bits per heavy atom. The van der Waals surface area contributed by atoms with Gasteiger partial charge < -0.3 is 9.84 Å². The number of ether oxygens (including phenoxy) is 1. The Morgan fingerprint density at radius 1 is 1.33 bits per heavy atom. The molecule has 0 unspecified atom stereocenters. The van der Waals surface area contributed by atoms with Crippen LogP contribution in [0, 0.1) is 11.3 Å². The van der Waals surface area contributed by atoms with E-state index in [1.54, 1.807) is 30.3 Å². The second-order valence-corrected chi connectivity index (χ2v) is 6.73. The molecule has 1 aromatic heterocycles. The van der Waals surface area contributed by atoms with E-state index in [0.29, 0.717) is 21.2 Å². The molecule has 24 heavy (non-hydrogen) atoms. The van der Waals surface area contributed by atoms with Crippen molar-refractivity contribution in [3.63, 3.8) is 0 Å². The molecule has 7 heteroatoms. The second kappa shape index (κ2) is 6.70. The molecule has 0 bridgehead atoms. The number of methoxy groups -OCH3 is 1. The van der Waals surface area contributed by atoms with E-state index in [1.165, 1.54) is 18.4 Å². The molecule has 1 N–H and O–H groups in total. The zero-order valence-electron chi connectivity index (χ0n) is 12.4. The number of rotatable bonds is 3. The van der Waals surface area contributed by atoms with Gasteiger partial charge in [-0.3, -0.25) is 0 Å². The standard InChI is InChI=1S/C17H10Cl2N2O2S/c1-23-14-6-9(5-12(19)16(14)22)4-10(8-20)17-21-13-7-11(18)2-3-15(13)24-17/h2-7,22H,1H3. The molecular weight excluding hydrogens is 367 g/mol. The highest BCUT2D eigenvalue weighted by atomic mass is 35.5. The second-order valence-electron chi connectivity index (χ2n) is 4.85. The van der Waals surface area contributed by atoms with Crippen molar-refractivity contribution >= 4 is 56.4 Å². The van der Waals surface area contributed by atoms with Crippen LogP contribution in [0.25, 0.3) is 21.9 Å². The van der Waals surface area contributed by atoms with Crippen LogP contribution in [0.4, 0.5) is 0 Å². The van der Waals surface area contributed by atoms with Gasteiger partial charge in [-0.2, -0.15) is 5.26 Å². The first-order valence-corrected chi connectivity index (χ1v) is 8.34. The number of benzene rings is 2. The summed E-state index contributed by atoms with van der Waals surface area (Å²) >= 11 is 13.4. The van der Waals surface area contributed by atoms with E-state index in [1.807, 2.05) is 6.07 Å². The number of allylic oxidation sites excluding steroid dienone is 1. The number of phenols is 1. The van der Waals surface area contributed by atoms with Crippen molar-refractivity contribution in [1.29, 1.82) is 5.26 Å². The molecule has 2 aromatic carbocycles. The summed E-state index contributed by atoms with van der Waals surface area (Å²) in [6.07, 6.45) is 1.65. The smallest absolute Gasteiger partial charge is 0.176 e. The van der Waals surface area contributed by atoms with E-state index in [2.05, 4.69) is 11.1 Å². The number of halogens is 2. The minimum absolute atomic E-state index is 0.135. The van der Waals surface area contributed by atoms with Gasteiger partial charge >= 0.3 is 0 Å². The fraction of sp³-hybridized carbons (Fsp3) is 0.0588. The molecule has 3 aromatic rings. The van der Waals surface area contributed by atoms with Gasteiger partial charge in [0.05, 0.1) is 27.9 Å². The highest BCUT2D eigenvalue weighted by molar-refractivity contribution is 7.19. The van der Waals surface area contributed by atoms with Crippen LogP contribution in [0.1, 0.15) is 10.6 Å². The van der Waals surface area contributed by atoms with Crippen LogP contribution in [-0.4, -0.2) is 17.2 Å². The molecule has 120 valence electrons. The highest BCUT2D eigenvalue weighted by Gasteiger charge is 2.12. The molecule has 0 aliphatic carbocycles. The predicted molar refractivity (Wildman–Crippen MR) is 97.8 cm³/mol. The molecule has 0 atom stereocenters. The monoisotopic (exact) mass is 376 g/mol. The topological polar surface area (TPSA) is 66.1 Å². The van der Waals surface area contributed by atoms with Crippen LogP contribution in [0.2, 0.25) is 10.0 Å². The highest BCUT2D eigenvalue weighted by Crippen LogP contribution is 2.36. The van der Waals surface area contributed by atoms with Crippen molar-refractivity contribution in [3.8, 4) is 17.6 Å². The van der Waals surface area contributed by atoms with E-state index in [0.717, 1.165) is 10.2 Å². The number of aromatic nitrogens is 1. The van der Waals surface area contributed by atoms with Crippen molar-refractivity contribution in [2.45, 2.75) is 0 Å². The Kier molecular flexibility index (Phi) is 4.63. The zero-order valence-corrected chi connectivity index (χ0v) is 14.7. The maximum atomic E-state index is 9.79. The summed E-state index contributed by atoms with van der Waals surface area (Å²) < 4.78 is 6.02. The Morgan fingerprint density at radius 3 is 2.83 bits per heavy atom. The minimum atomic E-state index is -0.135. The molecule has 0 aliphatic rings. The van der Waals surface area contributed by atoms with Gasteiger partial charge in [-0.25, -0.2) is 4.98 Å². The third-order valence-corrected chi connectivity index (χ3v) is 4.88. The quantitative estimate of drug-likeness (QED) is 0.622. The summed E-state index contributed by atoms with van der Waals surface area (Å²) in [6, 6.07) is 10.7. The van der Waals surface area contributed by atoms with Crippen LogP contribution < -0.4 is 4.74 Å². The average molecular weight is 377 g/mol. The van der Waals surface area contributed by atoms with Crippen molar-refractivity contribution in [3.05, 3.63) is 50.9 Å². The van der Waals surface area contributed by atoms with Gasteiger partial charge in [0.1, 0.15) is 11.1 Å². The summed E-state index contributed by atoms with van der Waals surface area (Å²) in [5.74, 6) is 0.103. The van der Waals surface area contributed by atoms with Crippen molar-refractivity contribution in [1.82, 2.24) is 4.98 Å². The van der Waals surface area contributed by atoms with E-state index < -0.39 is 0 Å². The molecular formula is C17H10Cl2N2O2S. The normalized spacial score (nSPS) is 11.5. The van der Waals surface area contributed by atoms with Crippen molar-refractivity contribution < 1.29 is 9.84 Å². The van der Waals surface area contributed by atoms with Crippen molar-refractivity contribution in [2.24, 2.45) is 0 Å². The van der Waals surface area contributed by atoms with E-state index >= 15 is 0 Å². The molecule has 4 nitrogen and oxygen atoms in total. The molecule has 3 rings (SSSR count). The van der Waals surface area contributed by atoms with Gasteiger partial charge in [0.15, 0.2) is 11.5 Å². The van der Waals surface area contributed by atoms with E-state index in [-0.39, 0.29) is 16.5 Å². The molecule has 0 fully saturated rings. The van der Waals surface area contributed by atoms with Crippen LogP contribution in [0.3, 0.4) is 0 Å². The molecule has 0 aliphatic heterocycles. The first-order chi connectivity index (χ1) is 11.5. The lowest BCUT2D eigenvalue weighted by Gasteiger charge is -2.06. The van der Waals surface area contributed by atoms with Crippen LogP contribution in [0.5, 0.6) is 11.5 Å². The summed E-state index contributed by atoms with van der Waals surface area (Å²) in [5, 5.41) is 20.6. The Bertz CT molecular complexity index is 1010. The number of nitrogens with zero attached hydrogens (tertiary/aromatic N) is 2. The van der Waals surface area contributed by atoms with E-state index in [4.69, 9.17) is 27.9 Å². The molecule has 0 saturated carbocycles. The predicted octanol–water partition coefficient (Wildman–Crippen LogP) is 5.38. The Hall–Kier alpha value is -2.26. The number of aromatic hydroxyl groups is 1. The fourth-order valence-electron chi connectivity index (χ4n) is 2.16. The largest absolute Gasteiger partial charge is 0.503 e. The maximum absolute atomic E-state index is 9.79. The van der Waals surface area contributed by atoms with Gasteiger partial charge in [0.25, 0.3) is 0 Å². The summed E-state index contributed by atoms with van der Waals surface area (Å²) in [6.45, 7) is 0. The zero-order chi connectivity index (χ0) is 17.3. The Balaban J connectivity index is 2.09. The van der Waals surface area contributed by atoms with Crippen LogP contribution in [0.15, 0.2) is 30.3 Å². The molecule has 1 heterocycles. The number of fused-ring (bicyclic) bond motifs is 1. The van der Waals surface area contributed by atoms with E-state index in [9.17, 15) is 10.4 Å². The van der Waals surface area contributed by atoms with Gasteiger partial charge in [0.2, 0.25) is 0 Å². The minimum Gasteiger partial charge on any atom is -0.503 e. The van der Waals surface area contributed by atoms with Crippen LogP contribution >= 0.6 is 34.5 Å². The number of phenolic OH excluding ortho intramolecular Hbond substituents is 1. The average Bonchev–Trinajstić information content (AvgIpc) is 2.98. The molecule has 0 radical (unpaired) electrons. The van der Waals surface area contributed by atoms with Crippen LogP contribution in [-0.2, 0) is 0 Å². The lowest BCUT2D eigenvalue weighted by molar-refractivity contribution is 0.373. The summed E-state index contributed by atoms with van der Waals surface area (Å²) in [4.78, 5) is 4.45.